The Morgan fingerprint density at radius 3 is 2.47 bits per heavy atom. The monoisotopic (exact) mass is 450 g/mol. The number of amides is 1. The van der Waals surface area contributed by atoms with Crippen molar-refractivity contribution in [2.24, 2.45) is 0 Å². The number of pyridine rings is 1. The summed E-state index contributed by atoms with van der Waals surface area (Å²) in [7, 11) is 2.99. The van der Waals surface area contributed by atoms with Gasteiger partial charge in [-0.15, -0.1) is 11.3 Å². The number of fused-ring (bicyclic) bond motifs is 3. The van der Waals surface area contributed by atoms with E-state index in [2.05, 4.69) is 5.32 Å². The van der Waals surface area contributed by atoms with Gasteiger partial charge in [-0.05, 0) is 6.07 Å². The van der Waals surface area contributed by atoms with Crippen LogP contribution in [-0.4, -0.2) is 43.6 Å². The van der Waals surface area contributed by atoms with E-state index >= 15 is 0 Å². The summed E-state index contributed by atoms with van der Waals surface area (Å²) in [6.07, 6.45) is 0. The first kappa shape index (κ1) is 21.7. The molecule has 2 aromatic heterocycles. The van der Waals surface area contributed by atoms with Crippen LogP contribution in [0.25, 0.3) is 21.0 Å². The lowest BCUT2D eigenvalue weighted by atomic mass is 10.1. The minimum atomic E-state index is -0.368. The van der Waals surface area contributed by atoms with Gasteiger partial charge in [-0.25, -0.2) is 0 Å². The summed E-state index contributed by atoms with van der Waals surface area (Å²) >= 11 is 1.21. The lowest BCUT2D eigenvalue weighted by molar-refractivity contribution is 0.0936. The highest BCUT2D eigenvalue weighted by Crippen LogP contribution is 2.39. The van der Waals surface area contributed by atoms with Gasteiger partial charge in [0.2, 0.25) is 0 Å². The van der Waals surface area contributed by atoms with E-state index in [0.29, 0.717) is 39.2 Å². The molecule has 0 aliphatic carbocycles. The Bertz CT molecular complexity index is 1360. The van der Waals surface area contributed by atoms with Crippen molar-refractivity contribution in [3.63, 3.8) is 0 Å². The number of ether oxygens (including phenoxy) is 2. The van der Waals surface area contributed by atoms with E-state index in [9.17, 15) is 14.4 Å². The smallest absolute Gasteiger partial charge is 0.265 e. The lowest BCUT2D eigenvalue weighted by Crippen LogP contribution is -2.27. The van der Waals surface area contributed by atoms with Crippen molar-refractivity contribution >= 4 is 44.0 Å². The molecular weight excluding hydrogens is 428 g/mol. The number of rotatable bonds is 8. The van der Waals surface area contributed by atoms with Crippen LogP contribution in [0.15, 0.2) is 59.4 Å². The van der Waals surface area contributed by atoms with Gasteiger partial charge < -0.3 is 14.8 Å². The predicted molar refractivity (Wildman–Crippen MR) is 125 cm³/mol. The first-order valence-corrected chi connectivity index (χ1v) is 10.9. The Morgan fingerprint density at radius 2 is 1.75 bits per heavy atom. The van der Waals surface area contributed by atoms with Gasteiger partial charge in [-0.2, -0.15) is 0 Å². The van der Waals surface area contributed by atoms with Crippen LogP contribution < -0.4 is 15.6 Å². The molecule has 32 heavy (non-hydrogen) atoms. The average molecular weight is 451 g/mol. The standard InChI is InChI=1S/C24H22N2O5S/c1-30-13-12-25-23(28)22-20(31-2)19-21(32-22)16-10-6-7-11-17(16)26(24(19)29)14-18(27)15-8-4-3-5-9-15/h3-11H,12-14H2,1-2H3,(H,25,28). The average Bonchev–Trinajstić information content (AvgIpc) is 3.22. The highest BCUT2D eigenvalue weighted by atomic mass is 32.1. The molecule has 1 N–H and O–H groups in total. The third kappa shape index (κ3) is 3.90. The third-order valence-electron chi connectivity index (χ3n) is 5.16. The van der Waals surface area contributed by atoms with Crippen LogP contribution in [0.5, 0.6) is 5.75 Å². The van der Waals surface area contributed by atoms with E-state index in [1.807, 2.05) is 24.3 Å². The third-order valence-corrected chi connectivity index (χ3v) is 6.37. The number of carbonyl (C=O) groups excluding carboxylic acids is 2. The Hall–Kier alpha value is -3.49. The van der Waals surface area contributed by atoms with Gasteiger partial charge in [0.25, 0.3) is 11.5 Å². The first-order valence-electron chi connectivity index (χ1n) is 10.0. The molecule has 0 aliphatic heterocycles. The van der Waals surface area contributed by atoms with Crippen molar-refractivity contribution < 1.29 is 19.1 Å². The zero-order valence-corrected chi connectivity index (χ0v) is 18.5. The van der Waals surface area contributed by atoms with Crippen LogP contribution in [0, 0.1) is 0 Å². The summed E-state index contributed by atoms with van der Waals surface area (Å²) < 4.78 is 12.6. The molecule has 4 rings (SSSR count). The number of benzene rings is 2. The van der Waals surface area contributed by atoms with Crippen molar-refractivity contribution in [2.75, 3.05) is 27.4 Å². The molecule has 0 saturated carbocycles. The fraction of sp³-hybridized carbons (Fsp3) is 0.208. The molecule has 0 aliphatic rings. The maximum Gasteiger partial charge on any atom is 0.265 e. The van der Waals surface area contributed by atoms with E-state index in [0.717, 1.165) is 5.39 Å². The first-order chi connectivity index (χ1) is 15.6. The zero-order valence-electron chi connectivity index (χ0n) is 17.7. The predicted octanol–water partition coefficient (Wildman–Crippen LogP) is 3.48. The summed E-state index contributed by atoms with van der Waals surface area (Å²) in [6, 6.07) is 16.2. The van der Waals surface area contributed by atoms with Crippen molar-refractivity contribution in [2.45, 2.75) is 6.54 Å². The van der Waals surface area contributed by atoms with Crippen LogP contribution in [0.2, 0.25) is 0 Å². The van der Waals surface area contributed by atoms with Gasteiger partial charge in [0.15, 0.2) is 11.5 Å². The number of aromatic nitrogens is 1. The highest BCUT2D eigenvalue weighted by Gasteiger charge is 2.25. The van der Waals surface area contributed by atoms with E-state index in [1.165, 1.54) is 23.0 Å². The number of nitrogens with zero attached hydrogens (tertiary/aromatic N) is 1. The van der Waals surface area contributed by atoms with Gasteiger partial charge in [0.1, 0.15) is 10.3 Å². The Balaban J connectivity index is 1.90. The SMILES string of the molecule is COCCNC(=O)c1sc2c(c1OC)c(=O)n(CC(=O)c1ccccc1)c1ccccc21. The number of carbonyl (C=O) groups is 2. The quantitative estimate of drug-likeness (QED) is 0.328. The normalized spacial score (nSPS) is 11.1. The molecule has 2 heterocycles. The molecule has 0 radical (unpaired) electrons. The van der Waals surface area contributed by atoms with Gasteiger partial charge in [0.05, 0.1) is 30.5 Å². The number of nitrogens with one attached hydrogen (secondary N) is 1. The van der Waals surface area contributed by atoms with Crippen LogP contribution >= 0.6 is 11.3 Å². The summed E-state index contributed by atoms with van der Waals surface area (Å²) in [4.78, 5) is 39.5. The van der Waals surface area contributed by atoms with E-state index < -0.39 is 0 Å². The second-order valence-electron chi connectivity index (χ2n) is 7.11. The second kappa shape index (κ2) is 9.33. The van der Waals surface area contributed by atoms with Crippen LogP contribution in [0.3, 0.4) is 0 Å². The van der Waals surface area contributed by atoms with Gasteiger partial charge >= 0.3 is 0 Å². The topological polar surface area (TPSA) is 86.6 Å². The van der Waals surface area contributed by atoms with Gasteiger partial charge in [-0.1, -0.05) is 48.5 Å². The number of ketones is 1. The molecule has 7 nitrogen and oxygen atoms in total. The summed E-state index contributed by atoms with van der Waals surface area (Å²) in [5, 5.41) is 3.85. The molecule has 0 saturated heterocycles. The molecule has 2 aromatic carbocycles. The maximum absolute atomic E-state index is 13.6. The number of thiophene rings is 1. The number of Topliss-reactive ketones (excluding diaryl/α,β-unsaturated/α-hetero) is 1. The molecule has 1 amide bonds. The van der Waals surface area contributed by atoms with Crippen LogP contribution in [0.1, 0.15) is 20.0 Å². The van der Waals surface area contributed by atoms with Crippen molar-refractivity contribution in [3.8, 4) is 5.75 Å². The summed E-state index contributed by atoms with van der Waals surface area (Å²) in [5.41, 5.74) is 0.788. The van der Waals surface area contributed by atoms with Crippen molar-refractivity contribution in [3.05, 3.63) is 75.4 Å². The molecule has 0 unspecified atom stereocenters. The molecule has 0 atom stereocenters. The summed E-state index contributed by atoms with van der Waals surface area (Å²) in [6.45, 7) is 0.591. The molecular formula is C24H22N2O5S. The highest BCUT2D eigenvalue weighted by molar-refractivity contribution is 7.22. The van der Waals surface area contributed by atoms with E-state index in [4.69, 9.17) is 9.47 Å². The molecule has 8 heteroatoms. The molecule has 0 fully saturated rings. The largest absolute Gasteiger partial charge is 0.494 e. The Morgan fingerprint density at radius 1 is 1.03 bits per heavy atom. The molecule has 164 valence electrons. The van der Waals surface area contributed by atoms with Crippen molar-refractivity contribution in [1.82, 2.24) is 9.88 Å². The summed E-state index contributed by atoms with van der Waals surface area (Å²) in [5.74, 6) is -0.295. The molecule has 0 bridgehead atoms. The molecule has 4 aromatic rings. The van der Waals surface area contributed by atoms with Crippen LogP contribution in [-0.2, 0) is 11.3 Å². The zero-order chi connectivity index (χ0) is 22.7. The fourth-order valence-electron chi connectivity index (χ4n) is 3.65. The van der Waals surface area contributed by atoms with Gasteiger partial charge in [0, 0.05) is 24.6 Å². The van der Waals surface area contributed by atoms with E-state index in [1.54, 1.807) is 37.4 Å². The van der Waals surface area contributed by atoms with Gasteiger partial charge in [-0.3, -0.25) is 19.0 Å². The minimum Gasteiger partial charge on any atom is -0.494 e. The van der Waals surface area contributed by atoms with E-state index in [-0.39, 0.29) is 29.5 Å². The Labute approximate surface area is 188 Å². The van der Waals surface area contributed by atoms with Crippen molar-refractivity contribution in [1.29, 1.82) is 0 Å². The maximum atomic E-state index is 13.6. The lowest BCUT2D eigenvalue weighted by Gasteiger charge is -2.11. The number of para-hydroxylation sites is 1. The Kier molecular flexibility index (Phi) is 6.34. The number of hydrogen-bond acceptors (Lipinski definition) is 6. The number of methoxy groups -OCH3 is 2. The minimum absolute atomic E-state index is 0.117. The second-order valence-corrected chi connectivity index (χ2v) is 8.14. The molecule has 0 spiro atoms. The fourth-order valence-corrected chi connectivity index (χ4v) is 4.86. The van der Waals surface area contributed by atoms with Crippen LogP contribution in [0.4, 0.5) is 0 Å². The number of hydrogen-bond donors (Lipinski definition) is 1.